The summed E-state index contributed by atoms with van der Waals surface area (Å²) in [4.78, 5) is 0. The molecule has 0 aromatic heterocycles. The van der Waals surface area contributed by atoms with Gasteiger partial charge in [0, 0.05) is 6.04 Å². The van der Waals surface area contributed by atoms with E-state index in [4.69, 9.17) is 0 Å². The van der Waals surface area contributed by atoms with Crippen LogP contribution in [0.3, 0.4) is 0 Å². The lowest BCUT2D eigenvalue weighted by molar-refractivity contribution is 0.633. The molecule has 1 saturated heterocycles. The summed E-state index contributed by atoms with van der Waals surface area (Å²) < 4.78 is 0. The smallest absolute Gasteiger partial charge is 0.0323 e. The predicted octanol–water partition coefficient (Wildman–Crippen LogP) is 3.23. The third-order valence-corrected chi connectivity index (χ3v) is 3.05. The van der Waals surface area contributed by atoms with E-state index in [1.54, 1.807) is 0 Å². The molecule has 0 aliphatic carbocycles. The van der Waals surface area contributed by atoms with Gasteiger partial charge in [-0.25, -0.2) is 0 Å². The summed E-state index contributed by atoms with van der Waals surface area (Å²) in [5.41, 5.74) is 3.02. The number of hydrogen-bond donors (Lipinski definition) is 1. The van der Waals surface area contributed by atoms with Crippen molar-refractivity contribution in [3.63, 3.8) is 0 Å². The summed E-state index contributed by atoms with van der Waals surface area (Å²) in [5, 5.41) is 3.57. The standard InChI is InChI=1S/C13H19N/c1-10(2)11-6-3-4-7-12(11)13-8-5-9-14-13/h3-4,6-7,10,13-14H,5,8-9H2,1-2H3. The van der Waals surface area contributed by atoms with Crippen LogP contribution in [0.4, 0.5) is 0 Å². The maximum absolute atomic E-state index is 3.57. The molecule has 1 heterocycles. The van der Waals surface area contributed by atoms with Crippen molar-refractivity contribution in [3.05, 3.63) is 35.4 Å². The SMILES string of the molecule is CC(C)c1ccccc1C1CCCN1. The first-order valence-electron chi connectivity index (χ1n) is 5.61. The van der Waals surface area contributed by atoms with Gasteiger partial charge in [-0.1, -0.05) is 38.1 Å². The summed E-state index contributed by atoms with van der Waals surface area (Å²) >= 11 is 0. The van der Waals surface area contributed by atoms with Crippen molar-refractivity contribution in [1.82, 2.24) is 5.32 Å². The third kappa shape index (κ3) is 1.83. The first kappa shape index (κ1) is 9.72. The Hall–Kier alpha value is -0.820. The van der Waals surface area contributed by atoms with Crippen molar-refractivity contribution >= 4 is 0 Å². The highest BCUT2D eigenvalue weighted by Gasteiger charge is 2.19. The summed E-state index contributed by atoms with van der Waals surface area (Å²) in [6.45, 7) is 5.72. The van der Waals surface area contributed by atoms with Crippen LogP contribution < -0.4 is 5.32 Å². The first-order valence-corrected chi connectivity index (χ1v) is 5.61. The van der Waals surface area contributed by atoms with Gasteiger partial charge in [0.1, 0.15) is 0 Å². The molecule has 1 aliphatic rings. The van der Waals surface area contributed by atoms with E-state index in [9.17, 15) is 0 Å². The van der Waals surface area contributed by atoms with Gasteiger partial charge in [0.25, 0.3) is 0 Å². The fraction of sp³-hybridized carbons (Fsp3) is 0.538. The van der Waals surface area contributed by atoms with Crippen LogP contribution in [0.15, 0.2) is 24.3 Å². The van der Waals surface area contributed by atoms with Gasteiger partial charge in [-0.2, -0.15) is 0 Å². The van der Waals surface area contributed by atoms with Gasteiger partial charge >= 0.3 is 0 Å². The normalized spacial score (nSPS) is 21.8. The Bertz CT molecular complexity index is 298. The quantitative estimate of drug-likeness (QED) is 0.753. The van der Waals surface area contributed by atoms with Gasteiger partial charge in [0.15, 0.2) is 0 Å². The number of nitrogens with one attached hydrogen (secondary N) is 1. The van der Waals surface area contributed by atoms with E-state index in [0.717, 1.165) is 0 Å². The minimum absolute atomic E-state index is 0.605. The van der Waals surface area contributed by atoms with E-state index < -0.39 is 0 Å². The molecule has 0 amide bonds. The molecule has 0 radical (unpaired) electrons. The highest BCUT2D eigenvalue weighted by molar-refractivity contribution is 5.32. The van der Waals surface area contributed by atoms with Crippen LogP contribution in [0.25, 0.3) is 0 Å². The Morgan fingerprint density at radius 3 is 2.71 bits per heavy atom. The van der Waals surface area contributed by atoms with Crippen molar-refractivity contribution in [2.75, 3.05) is 6.54 Å². The Balaban J connectivity index is 2.30. The van der Waals surface area contributed by atoms with Crippen LogP contribution in [-0.2, 0) is 0 Å². The van der Waals surface area contributed by atoms with Crippen LogP contribution >= 0.6 is 0 Å². The van der Waals surface area contributed by atoms with E-state index in [1.807, 2.05) is 0 Å². The maximum Gasteiger partial charge on any atom is 0.0323 e. The molecule has 1 aliphatic heterocycles. The van der Waals surface area contributed by atoms with Crippen molar-refractivity contribution in [1.29, 1.82) is 0 Å². The van der Waals surface area contributed by atoms with Crippen LogP contribution in [0.1, 0.15) is 49.8 Å². The largest absolute Gasteiger partial charge is 0.310 e. The highest BCUT2D eigenvalue weighted by atomic mass is 14.9. The van der Waals surface area contributed by atoms with Crippen molar-refractivity contribution in [2.24, 2.45) is 0 Å². The Morgan fingerprint density at radius 2 is 2.07 bits per heavy atom. The highest BCUT2D eigenvalue weighted by Crippen LogP contribution is 2.29. The van der Waals surface area contributed by atoms with E-state index in [0.29, 0.717) is 12.0 Å². The molecule has 0 bridgehead atoms. The lowest BCUT2D eigenvalue weighted by Gasteiger charge is -2.17. The van der Waals surface area contributed by atoms with Crippen molar-refractivity contribution < 1.29 is 0 Å². The lowest BCUT2D eigenvalue weighted by Crippen LogP contribution is -2.14. The van der Waals surface area contributed by atoms with Gasteiger partial charge in [0.05, 0.1) is 0 Å². The molecule has 1 aromatic rings. The maximum atomic E-state index is 3.57. The molecule has 76 valence electrons. The molecule has 0 saturated carbocycles. The van der Waals surface area contributed by atoms with Gasteiger partial charge in [0.2, 0.25) is 0 Å². The van der Waals surface area contributed by atoms with Gasteiger partial charge in [-0.15, -0.1) is 0 Å². The van der Waals surface area contributed by atoms with Crippen LogP contribution in [0, 0.1) is 0 Å². The number of hydrogen-bond acceptors (Lipinski definition) is 1. The topological polar surface area (TPSA) is 12.0 Å². The molecule has 1 aromatic carbocycles. The second-order valence-electron chi connectivity index (χ2n) is 4.43. The van der Waals surface area contributed by atoms with Gasteiger partial charge < -0.3 is 5.32 Å². The number of benzene rings is 1. The van der Waals surface area contributed by atoms with Crippen LogP contribution in [0.5, 0.6) is 0 Å². The second-order valence-corrected chi connectivity index (χ2v) is 4.43. The molecule has 0 spiro atoms. The molecule has 14 heavy (non-hydrogen) atoms. The van der Waals surface area contributed by atoms with Gasteiger partial charge in [-0.05, 0) is 36.4 Å². The Labute approximate surface area is 86.5 Å². The van der Waals surface area contributed by atoms with E-state index in [-0.39, 0.29) is 0 Å². The second kappa shape index (κ2) is 4.14. The molecular weight excluding hydrogens is 170 g/mol. The molecule has 1 fully saturated rings. The van der Waals surface area contributed by atoms with Crippen molar-refractivity contribution in [3.8, 4) is 0 Å². The summed E-state index contributed by atoms with van der Waals surface area (Å²) in [6.07, 6.45) is 2.61. The van der Waals surface area contributed by atoms with Gasteiger partial charge in [-0.3, -0.25) is 0 Å². The Morgan fingerprint density at radius 1 is 1.29 bits per heavy atom. The fourth-order valence-electron chi connectivity index (χ4n) is 2.30. The molecule has 2 rings (SSSR count). The molecule has 1 atom stereocenters. The predicted molar refractivity (Wildman–Crippen MR) is 60.5 cm³/mol. The average molecular weight is 189 g/mol. The van der Waals surface area contributed by atoms with Crippen LogP contribution in [-0.4, -0.2) is 6.54 Å². The Kier molecular flexibility index (Phi) is 2.87. The van der Waals surface area contributed by atoms with E-state index in [2.05, 4.69) is 43.4 Å². The molecular formula is C13H19N. The van der Waals surface area contributed by atoms with Crippen LogP contribution in [0.2, 0.25) is 0 Å². The first-order chi connectivity index (χ1) is 6.79. The fourth-order valence-corrected chi connectivity index (χ4v) is 2.30. The lowest BCUT2D eigenvalue weighted by atomic mass is 9.92. The zero-order valence-electron chi connectivity index (χ0n) is 9.09. The minimum atomic E-state index is 0.605. The molecule has 1 unspecified atom stereocenters. The average Bonchev–Trinajstić information content (AvgIpc) is 2.70. The molecule has 1 heteroatoms. The van der Waals surface area contributed by atoms with E-state index in [1.165, 1.54) is 30.5 Å². The zero-order valence-corrected chi connectivity index (χ0v) is 9.09. The molecule has 1 nitrogen and oxygen atoms in total. The third-order valence-electron chi connectivity index (χ3n) is 3.05. The number of rotatable bonds is 2. The summed E-state index contributed by atoms with van der Waals surface area (Å²) in [7, 11) is 0. The minimum Gasteiger partial charge on any atom is -0.310 e. The van der Waals surface area contributed by atoms with Crippen molar-refractivity contribution in [2.45, 2.75) is 38.6 Å². The summed E-state index contributed by atoms with van der Waals surface area (Å²) in [6, 6.07) is 9.45. The summed E-state index contributed by atoms with van der Waals surface area (Å²) in [5.74, 6) is 0.633. The van der Waals surface area contributed by atoms with E-state index >= 15 is 0 Å². The monoisotopic (exact) mass is 189 g/mol. The zero-order chi connectivity index (χ0) is 9.97. The molecule has 1 N–H and O–H groups in total.